The molecule has 0 atom stereocenters. The Labute approximate surface area is 96.3 Å². The van der Waals surface area contributed by atoms with Crippen molar-refractivity contribution in [2.24, 2.45) is 0 Å². The highest BCUT2D eigenvalue weighted by Gasteiger charge is 2.20. The normalized spacial score (nSPS) is 12.6. The van der Waals surface area contributed by atoms with Crippen molar-refractivity contribution in [3.8, 4) is 0 Å². The molecule has 0 aromatic carbocycles. The summed E-state index contributed by atoms with van der Waals surface area (Å²) in [6, 6.07) is 0. The highest BCUT2D eigenvalue weighted by Crippen LogP contribution is 2.28. The van der Waals surface area contributed by atoms with E-state index in [1.54, 1.807) is 0 Å². The van der Waals surface area contributed by atoms with Crippen molar-refractivity contribution in [1.82, 2.24) is 15.0 Å². The second kappa shape index (κ2) is 3.58. The average Bonchev–Trinajstić information content (AvgIpc) is 2.58. The molecule has 3 heteroatoms. The summed E-state index contributed by atoms with van der Waals surface area (Å²) in [5.74, 6) is 0.416. The van der Waals surface area contributed by atoms with Crippen LogP contribution in [-0.2, 0) is 5.41 Å². The Bertz CT molecular complexity index is 503. The van der Waals surface area contributed by atoms with E-state index in [1.807, 2.05) is 12.4 Å². The third-order valence-electron chi connectivity index (χ3n) is 2.80. The molecule has 0 aliphatic carbocycles. The minimum Gasteiger partial charge on any atom is -0.344 e. The van der Waals surface area contributed by atoms with E-state index in [4.69, 9.17) is 4.98 Å². The first kappa shape index (κ1) is 11.1. The Morgan fingerprint density at radius 2 is 1.94 bits per heavy atom. The van der Waals surface area contributed by atoms with Gasteiger partial charge in [-0.05, 0) is 11.3 Å². The summed E-state index contributed by atoms with van der Waals surface area (Å²) in [6.45, 7) is 10.9. The predicted octanol–water partition coefficient (Wildman–Crippen LogP) is 3.38. The fraction of sp³-hybridized carbons (Fsp3) is 0.538. The van der Waals surface area contributed by atoms with Crippen molar-refractivity contribution in [3.05, 3.63) is 23.7 Å². The molecule has 3 nitrogen and oxygen atoms in total. The van der Waals surface area contributed by atoms with E-state index in [-0.39, 0.29) is 5.41 Å². The number of hydrogen-bond donors (Lipinski definition) is 1. The van der Waals surface area contributed by atoms with Crippen LogP contribution in [-0.4, -0.2) is 15.0 Å². The van der Waals surface area contributed by atoms with Crippen LogP contribution in [0, 0.1) is 0 Å². The lowest BCUT2D eigenvalue weighted by Gasteiger charge is -2.17. The van der Waals surface area contributed by atoms with Crippen LogP contribution in [0.3, 0.4) is 0 Å². The third kappa shape index (κ3) is 1.82. The van der Waals surface area contributed by atoms with Gasteiger partial charge in [0.05, 0.1) is 11.9 Å². The number of aromatic nitrogens is 3. The summed E-state index contributed by atoms with van der Waals surface area (Å²) in [6.07, 6.45) is 3.88. The zero-order chi connectivity index (χ0) is 11.9. The van der Waals surface area contributed by atoms with Gasteiger partial charge in [-0.25, -0.2) is 9.97 Å². The predicted molar refractivity (Wildman–Crippen MR) is 66.7 cm³/mol. The quantitative estimate of drug-likeness (QED) is 0.795. The number of nitrogens with zero attached hydrogens (tertiary/aromatic N) is 2. The monoisotopic (exact) mass is 217 g/mol. The van der Waals surface area contributed by atoms with Gasteiger partial charge in [-0.2, -0.15) is 0 Å². The zero-order valence-corrected chi connectivity index (χ0v) is 10.6. The molecule has 2 rings (SSSR count). The molecule has 2 heterocycles. The van der Waals surface area contributed by atoms with Crippen LogP contribution >= 0.6 is 0 Å². The first-order chi connectivity index (χ1) is 7.39. The molecule has 0 unspecified atom stereocenters. The summed E-state index contributed by atoms with van der Waals surface area (Å²) in [5.41, 5.74) is 4.28. The maximum atomic E-state index is 4.71. The molecule has 0 aliphatic heterocycles. The summed E-state index contributed by atoms with van der Waals surface area (Å²) in [5, 5.41) is 0. The van der Waals surface area contributed by atoms with Crippen molar-refractivity contribution in [2.45, 2.75) is 46.0 Å². The summed E-state index contributed by atoms with van der Waals surface area (Å²) >= 11 is 0. The number of H-pyrrole nitrogens is 1. The van der Waals surface area contributed by atoms with Gasteiger partial charge in [0.1, 0.15) is 5.52 Å². The summed E-state index contributed by atoms with van der Waals surface area (Å²) in [7, 11) is 0. The van der Waals surface area contributed by atoms with E-state index < -0.39 is 0 Å². The second-order valence-electron chi connectivity index (χ2n) is 5.60. The highest BCUT2D eigenvalue weighted by molar-refractivity contribution is 5.76. The van der Waals surface area contributed by atoms with Gasteiger partial charge in [-0.3, -0.25) is 0 Å². The van der Waals surface area contributed by atoms with Crippen LogP contribution < -0.4 is 0 Å². The fourth-order valence-electron chi connectivity index (χ4n) is 1.75. The summed E-state index contributed by atoms with van der Waals surface area (Å²) in [4.78, 5) is 12.3. The second-order valence-corrected chi connectivity index (χ2v) is 5.60. The van der Waals surface area contributed by atoms with Gasteiger partial charge in [0, 0.05) is 11.8 Å². The molecule has 0 saturated carbocycles. The molecule has 16 heavy (non-hydrogen) atoms. The average molecular weight is 217 g/mol. The zero-order valence-electron chi connectivity index (χ0n) is 10.6. The van der Waals surface area contributed by atoms with Crippen molar-refractivity contribution in [2.75, 3.05) is 0 Å². The molecule has 0 aliphatic rings. The van der Waals surface area contributed by atoms with E-state index in [0.717, 1.165) is 16.9 Å². The van der Waals surface area contributed by atoms with E-state index in [1.165, 1.54) is 5.56 Å². The number of nitrogens with one attached hydrogen (secondary N) is 1. The number of fused-ring (bicyclic) bond motifs is 1. The van der Waals surface area contributed by atoms with Crippen LogP contribution in [0.1, 0.15) is 51.8 Å². The molecule has 1 N–H and O–H groups in total. The molecule has 0 bridgehead atoms. The third-order valence-corrected chi connectivity index (χ3v) is 2.80. The van der Waals surface area contributed by atoms with Crippen molar-refractivity contribution >= 4 is 11.2 Å². The standard InChI is InChI=1S/C13H19N3/c1-8(2)10-7-15-12-11(16-10)9(6-14-12)13(3,4)5/h6-8H,1-5H3,(H,14,15). The van der Waals surface area contributed by atoms with Crippen LogP contribution in [0.5, 0.6) is 0 Å². The number of aromatic amines is 1. The van der Waals surface area contributed by atoms with Crippen LogP contribution in [0.15, 0.2) is 12.4 Å². The molecule has 0 fully saturated rings. The Morgan fingerprint density at radius 3 is 2.50 bits per heavy atom. The van der Waals surface area contributed by atoms with Gasteiger partial charge in [-0.15, -0.1) is 0 Å². The topological polar surface area (TPSA) is 41.6 Å². The Kier molecular flexibility index (Phi) is 2.49. The molecule has 0 spiro atoms. The van der Waals surface area contributed by atoms with Crippen LogP contribution in [0.2, 0.25) is 0 Å². The first-order valence-corrected chi connectivity index (χ1v) is 5.74. The first-order valence-electron chi connectivity index (χ1n) is 5.74. The lowest BCUT2D eigenvalue weighted by Crippen LogP contribution is -2.11. The maximum Gasteiger partial charge on any atom is 0.156 e. The molecule has 86 valence electrons. The Balaban J connectivity index is 2.65. The van der Waals surface area contributed by atoms with Crippen LogP contribution in [0.4, 0.5) is 0 Å². The Hall–Kier alpha value is -1.38. The molecular weight excluding hydrogens is 198 g/mol. The maximum absolute atomic E-state index is 4.71. The fourth-order valence-corrected chi connectivity index (χ4v) is 1.75. The van der Waals surface area contributed by atoms with E-state index >= 15 is 0 Å². The van der Waals surface area contributed by atoms with Gasteiger partial charge in [0.2, 0.25) is 0 Å². The largest absolute Gasteiger partial charge is 0.344 e. The smallest absolute Gasteiger partial charge is 0.156 e. The van der Waals surface area contributed by atoms with Crippen molar-refractivity contribution in [3.63, 3.8) is 0 Å². The molecule has 2 aromatic heterocycles. The number of rotatable bonds is 1. The Morgan fingerprint density at radius 1 is 1.25 bits per heavy atom. The molecule has 2 aromatic rings. The minimum atomic E-state index is 0.0997. The lowest BCUT2D eigenvalue weighted by atomic mass is 9.88. The molecule has 0 radical (unpaired) electrons. The molecular formula is C13H19N3. The van der Waals surface area contributed by atoms with Gasteiger partial charge in [-0.1, -0.05) is 34.6 Å². The molecule has 0 amide bonds. The van der Waals surface area contributed by atoms with E-state index in [9.17, 15) is 0 Å². The van der Waals surface area contributed by atoms with Gasteiger partial charge in [0.25, 0.3) is 0 Å². The SMILES string of the molecule is CC(C)c1cnc2[nH]cc(C(C)(C)C)c2n1. The minimum absolute atomic E-state index is 0.0997. The van der Waals surface area contributed by atoms with Crippen molar-refractivity contribution in [1.29, 1.82) is 0 Å². The van der Waals surface area contributed by atoms with Crippen molar-refractivity contribution < 1.29 is 0 Å². The van der Waals surface area contributed by atoms with E-state index in [0.29, 0.717) is 5.92 Å². The molecule has 0 saturated heterocycles. The summed E-state index contributed by atoms with van der Waals surface area (Å²) < 4.78 is 0. The van der Waals surface area contributed by atoms with Gasteiger partial charge in [0.15, 0.2) is 5.65 Å². The van der Waals surface area contributed by atoms with Gasteiger partial charge < -0.3 is 4.98 Å². The van der Waals surface area contributed by atoms with E-state index in [2.05, 4.69) is 44.6 Å². The highest BCUT2D eigenvalue weighted by atomic mass is 14.9. The van der Waals surface area contributed by atoms with Crippen LogP contribution in [0.25, 0.3) is 11.2 Å². The number of hydrogen-bond acceptors (Lipinski definition) is 2. The van der Waals surface area contributed by atoms with Gasteiger partial charge >= 0.3 is 0 Å². The lowest BCUT2D eigenvalue weighted by molar-refractivity contribution is 0.594.